The fraction of sp³-hybridized carbons (Fsp3) is 0.316. The van der Waals surface area contributed by atoms with Gasteiger partial charge in [-0.2, -0.15) is 4.72 Å². The SMILES string of the molecule is COc1ccc(S(=O)(=O)NC2CCN(c3ccc(C)c(C)c3)C2=O)cc1. The summed E-state index contributed by atoms with van der Waals surface area (Å²) >= 11 is 0. The number of aryl methyl sites for hydroxylation is 2. The topological polar surface area (TPSA) is 75.7 Å². The molecule has 2 aromatic carbocycles. The Morgan fingerprint density at radius 3 is 2.38 bits per heavy atom. The Hall–Kier alpha value is -2.38. The largest absolute Gasteiger partial charge is 0.497 e. The molecule has 0 aromatic heterocycles. The second-order valence-corrected chi connectivity index (χ2v) is 8.11. The average molecular weight is 374 g/mol. The van der Waals surface area contributed by atoms with Crippen LogP contribution in [0.4, 0.5) is 5.69 Å². The highest BCUT2D eigenvalue weighted by atomic mass is 32.2. The van der Waals surface area contributed by atoms with Crippen molar-refractivity contribution in [2.75, 3.05) is 18.6 Å². The lowest BCUT2D eigenvalue weighted by Crippen LogP contribution is -2.41. The lowest BCUT2D eigenvalue weighted by Gasteiger charge is -2.18. The van der Waals surface area contributed by atoms with E-state index < -0.39 is 16.1 Å². The first-order valence-corrected chi connectivity index (χ1v) is 9.85. The molecule has 0 bridgehead atoms. The molecule has 1 atom stereocenters. The van der Waals surface area contributed by atoms with Crippen LogP contribution in [0.2, 0.25) is 0 Å². The van der Waals surface area contributed by atoms with Crippen molar-refractivity contribution in [1.82, 2.24) is 4.72 Å². The number of anilines is 1. The molecule has 26 heavy (non-hydrogen) atoms. The number of hydrogen-bond donors (Lipinski definition) is 1. The van der Waals surface area contributed by atoms with Crippen molar-refractivity contribution in [3.63, 3.8) is 0 Å². The third-order valence-electron chi connectivity index (χ3n) is 4.67. The van der Waals surface area contributed by atoms with Gasteiger partial charge in [0, 0.05) is 12.2 Å². The smallest absolute Gasteiger partial charge is 0.245 e. The lowest BCUT2D eigenvalue weighted by molar-refractivity contribution is -0.118. The van der Waals surface area contributed by atoms with Crippen molar-refractivity contribution >= 4 is 21.6 Å². The van der Waals surface area contributed by atoms with Gasteiger partial charge in [0.25, 0.3) is 0 Å². The number of carbonyl (C=O) groups excluding carboxylic acids is 1. The molecule has 7 heteroatoms. The molecule has 2 aromatic rings. The molecule has 1 heterocycles. The quantitative estimate of drug-likeness (QED) is 0.872. The predicted molar refractivity (Wildman–Crippen MR) is 100.0 cm³/mol. The van der Waals surface area contributed by atoms with Crippen LogP contribution in [-0.4, -0.2) is 34.0 Å². The number of ether oxygens (including phenoxy) is 1. The number of amides is 1. The van der Waals surface area contributed by atoms with Crippen LogP contribution in [0.5, 0.6) is 5.75 Å². The highest BCUT2D eigenvalue weighted by Gasteiger charge is 2.35. The maximum Gasteiger partial charge on any atom is 0.245 e. The van der Waals surface area contributed by atoms with Gasteiger partial charge in [0.15, 0.2) is 0 Å². The first-order chi connectivity index (χ1) is 12.3. The molecule has 1 N–H and O–H groups in total. The summed E-state index contributed by atoms with van der Waals surface area (Å²) in [4.78, 5) is 14.4. The number of carbonyl (C=O) groups is 1. The molecular weight excluding hydrogens is 352 g/mol. The maximum atomic E-state index is 12.7. The zero-order chi connectivity index (χ0) is 18.9. The zero-order valence-electron chi connectivity index (χ0n) is 15.0. The minimum absolute atomic E-state index is 0.107. The number of rotatable bonds is 5. The van der Waals surface area contributed by atoms with Gasteiger partial charge in [-0.1, -0.05) is 6.07 Å². The molecule has 0 spiro atoms. The third-order valence-corrected chi connectivity index (χ3v) is 6.16. The van der Waals surface area contributed by atoms with Gasteiger partial charge in [-0.3, -0.25) is 4.79 Å². The number of sulfonamides is 1. The van der Waals surface area contributed by atoms with Gasteiger partial charge in [-0.15, -0.1) is 0 Å². The Kier molecular flexibility index (Phi) is 5.02. The summed E-state index contributed by atoms with van der Waals surface area (Å²) in [6.07, 6.45) is 0.432. The van der Waals surface area contributed by atoms with Crippen molar-refractivity contribution in [3.8, 4) is 5.75 Å². The molecule has 0 aliphatic carbocycles. The summed E-state index contributed by atoms with van der Waals surface area (Å²) in [5.74, 6) is 0.340. The molecule has 0 radical (unpaired) electrons. The van der Waals surface area contributed by atoms with Crippen LogP contribution >= 0.6 is 0 Å². The Morgan fingerprint density at radius 1 is 1.08 bits per heavy atom. The van der Waals surface area contributed by atoms with Gasteiger partial charge >= 0.3 is 0 Å². The van der Waals surface area contributed by atoms with Crippen LogP contribution in [0.3, 0.4) is 0 Å². The average Bonchev–Trinajstić information content (AvgIpc) is 2.97. The molecule has 6 nitrogen and oxygen atoms in total. The minimum atomic E-state index is -3.78. The van der Waals surface area contributed by atoms with Crippen LogP contribution in [0.25, 0.3) is 0 Å². The van der Waals surface area contributed by atoms with Crippen molar-refractivity contribution in [2.24, 2.45) is 0 Å². The molecule has 1 amide bonds. The van der Waals surface area contributed by atoms with Crippen LogP contribution in [0.15, 0.2) is 47.4 Å². The third kappa shape index (κ3) is 3.59. The first-order valence-electron chi connectivity index (χ1n) is 8.37. The number of methoxy groups -OCH3 is 1. The van der Waals surface area contributed by atoms with E-state index in [1.165, 1.54) is 19.2 Å². The molecular formula is C19H22N2O4S. The maximum absolute atomic E-state index is 12.7. The molecule has 138 valence electrons. The van der Waals surface area contributed by atoms with Crippen molar-refractivity contribution in [2.45, 2.75) is 31.2 Å². The van der Waals surface area contributed by atoms with Gasteiger partial charge in [-0.25, -0.2) is 8.42 Å². The summed E-state index contributed by atoms with van der Waals surface area (Å²) in [6, 6.07) is 11.1. The van der Waals surface area contributed by atoms with Crippen molar-refractivity contribution < 1.29 is 17.9 Å². The molecule has 1 aliphatic rings. The number of benzene rings is 2. The van der Waals surface area contributed by atoms with Crippen LogP contribution < -0.4 is 14.4 Å². The first kappa shape index (κ1) is 18.4. The van der Waals surface area contributed by atoms with Gasteiger partial charge in [0.1, 0.15) is 11.8 Å². The van der Waals surface area contributed by atoms with Gasteiger partial charge in [0.2, 0.25) is 15.9 Å². The summed E-state index contributed by atoms with van der Waals surface area (Å²) in [5, 5.41) is 0. The van der Waals surface area contributed by atoms with E-state index in [4.69, 9.17) is 4.74 Å². The van der Waals surface area contributed by atoms with E-state index in [0.717, 1.165) is 16.8 Å². The second kappa shape index (κ2) is 7.09. The van der Waals surface area contributed by atoms with E-state index in [-0.39, 0.29) is 10.8 Å². The van der Waals surface area contributed by atoms with Crippen LogP contribution in [-0.2, 0) is 14.8 Å². The zero-order valence-corrected chi connectivity index (χ0v) is 15.8. The fourth-order valence-corrected chi connectivity index (χ4v) is 4.17. The van der Waals surface area contributed by atoms with E-state index in [9.17, 15) is 13.2 Å². The predicted octanol–water partition coefficient (Wildman–Crippen LogP) is 2.40. The summed E-state index contributed by atoms with van der Waals surface area (Å²) in [7, 11) is -2.26. The normalized spacial score (nSPS) is 17.6. The summed E-state index contributed by atoms with van der Waals surface area (Å²) in [6.45, 7) is 4.48. The molecule has 1 unspecified atom stereocenters. The van der Waals surface area contributed by atoms with E-state index in [2.05, 4.69) is 4.72 Å². The molecule has 1 aliphatic heterocycles. The second-order valence-electron chi connectivity index (χ2n) is 6.40. The Balaban J connectivity index is 1.76. The summed E-state index contributed by atoms with van der Waals surface area (Å²) in [5.41, 5.74) is 3.04. The number of nitrogens with zero attached hydrogens (tertiary/aromatic N) is 1. The molecule has 3 rings (SSSR count). The van der Waals surface area contributed by atoms with Gasteiger partial charge in [-0.05, 0) is 67.8 Å². The van der Waals surface area contributed by atoms with E-state index in [1.54, 1.807) is 17.0 Å². The van der Waals surface area contributed by atoms with E-state index >= 15 is 0 Å². The van der Waals surface area contributed by atoms with E-state index in [1.807, 2.05) is 32.0 Å². The monoisotopic (exact) mass is 374 g/mol. The highest BCUT2D eigenvalue weighted by Crippen LogP contribution is 2.25. The minimum Gasteiger partial charge on any atom is -0.497 e. The van der Waals surface area contributed by atoms with Crippen LogP contribution in [0.1, 0.15) is 17.5 Å². The van der Waals surface area contributed by atoms with E-state index in [0.29, 0.717) is 18.7 Å². The molecule has 1 fully saturated rings. The number of hydrogen-bond acceptors (Lipinski definition) is 4. The Bertz CT molecular complexity index is 923. The molecule has 0 saturated carbocycles. The Labute approximate surface area is 153 Å². The van der Waals surface area contributed by atoms with Crippen molar-refractivity contribution in [1.29, 1.82) is 0 Å². The standard InChI is InChI=1S/C19H22N2O4S/c1-13-4-5-15(12-14(13)2)21-11-10-18(19(21)22)20-26(23,24)17-8-6-16(25-3)7-9-17/h4-9,12,18,20H,10-11H2,1-3H3. The van der Waals surface area contributed by atoms with Crippen LogP contribution in [0, 0.1) is 13.8 Å². The molecule has 1 saturated heterocycles. The highest BCUT2D eigenvalue weighted by molar-refractivity contribution is 7.89. The summed E-state index contributed by atoms with van der Waals surface area (Å²) < 4.78 is 32.7. The Morgan fingerprint density at radius 2 is 1.77 bits per heavy atom. The number of nitrogens with one attached hydrogen (secondary N) is 1. The van der Waals surface area contributed by atoms with Gasteiger partial charge < -0.3 is 9.64 Å². The van der Waals surface area contributed by atoms with Gasteiger partial charge in [0.05, 0.1) is 12.0 Å². The van der Waals surface area contributed by atoms with Crippen molar-refractivity contribution in [3.05, 3.63) is 53.6 Å². The lowest BCUT2D eigenvalue weighted by atomic mass is 10.1. The fourth-order valence-electron chi connectivity index (χ4n) is 2.95.